The Balaban J connectivity index is 1.79. The van der Waals surface area contributed by atoms with Crippen LogP contribution in [0.5, 0.6) is 0 Å². The summed E-state index contributed by atoms with van der Waals surface area (Å²) in [7, 11) is 0. The number of hydrogen-bond acceptors (Lipinski definition) is 7. The minimum absolute atomic E-state index is 0.0690. The lowest BCUT2D eigenvalue weighted by Gasteiger charge is -2.54. The lowest BCUT2D eigenvalue weighted by molar-refractivity contribution is 0.101. The summed E-state index contributed by atoms with van der Waals surface area (Å²) in [6, 6.07) is 10.6. The predicted molar refractivity (Wildman–Crippen MR) is 126 cm³/mol. The van der Waals surface area contributed by atoms with Crippen LogP contribution in [0, 0.1) is 5.41 Å². The zero-order chi connectivity index (χ0) is 23.5. The predicted octanol–water partition coefficient (Wildman–Crippen LogP) is 3.30. The van der Waals surface area contributed by atoms with E-state index in [2.05, 4.69) is 23.8 Å². The molecule has 3 aromatic heterocycles. The Kier molecular flexibility index (Phi) is 4.75. The first-order valence-corrected chi connectivity index (χ1v) is 10.8. The number of fused-ring (bicyclic) bond motifs is 1. The van der Waals surface area contributed by atoms with Gasteiger partial charge in [0.1, 0.15) is 11.3 Å². The van der Waals surface area contributed by atoms with Crippen LogP contribution in [0.3, 0.4) is 0 Å². The number of hydrogen-bond donors (Lipinski definition) is 1. The topological polar surface area (TPSA) is 111 Å². The Morgan fingerprint density at radius 2 is 1.94 bits per heavy atom. The molecule has 1 aliphatic rings. The average Bonchev–Trinajstić information content (AvgIpc) is 3.13. The molecule has 168 valence electrons. The number of Topliss-reactive ketones (excluding diaryl/α,β-unsaturated/α-hetero) is 1. The monoisotopic (exact) mass is 463 g/mol. The molecule has 0 aliphatic carbocycles. The van der Waals surface area contributed by atoms with Gasteiger partial charge in [0.05, 0.1) is 22.3 Å². The van der Waals surface area contributed by atoms with E-state index in [1.807, 2.05) is 35.2 Å². The Morgan fingerprint density at radius 3 is 2.61 bits per heavy atom. The minimum Gasteiger partial charge on any atom is -0.368 e. The molecule has 0 saturated carbocycles. The highest BCUT2D eigenvalue weighted by Crippen LogP contribution is 2.50. The van der Waals surface area contributed by atoms with Crippen molar-refractivity contribution < 1.29 is 4.79 Å². The van der Waals surface area contributed by atoms with Gasteiger partial charge in [-0.25, -0.2) is 9.50 Å². The summed E-state index contributed by atoms with van der Waals surface area (Å²) in [5, 5.41) is 5.15. The van der Waals surface area contributed by atoms with Crippen LogP contribution in [0.2, 0.25) is 5.02 Å². The van der Waals surface area contributed by atoms with Gasteiger partial charge in [0, 0.05) is 24.4 Å². The van der Waals surface area contributed by atoms with Gasteiger partial charge in [0.2, 0.25) is 5.95 Å². The number of nitrogen functional groups attached to an aromatic ring is 1. The van der Waals surface area contributed by atoms with Crippen molar-refractivity contribution in [3.63, 3.8) is 0 Å². The molecule has 1 saturated heterocycles. The summed E-state index contributed by atoms with van der Waals surface area (Å²) in [6.07, 6.45) is 3.10. The SMILES string of the molecule is CC(=O)c1cnc(N)nc1N1CC(C)(C)[C@H]1c1nn2ccc(Cl)c2c(=O)n1-c1ccccc1. The second-order valence-corrected chi connectivity index (χ2v) is 9.24. The van der Waals surface area contributed by atoms with Crippen LogP contribution < -0.4 is 16.2 Å². The van der Waals surface area contributed by atoms with Gasteiger partial charge in [-0.05, 0) is 25.1 Å². The molecule has 0 amide bonds. The lowest BCUT2D eigenvalue weighted by atomic mass is 9.74. The molecule has 1 aromatic carbocycles. The number of ketones is 1. The quantitative estimate of drug-likeness (QED) is 0.462. The summed E-state index contributed by atoms with van der Waals surface area (Å²) in [5.74, 6) is 0.835. The second-order valence-electron chi connectivity index (χ2n) is 8.83. The first-order valence-electron chi connectivity index (χ1n) is 10.4. The number of aromatic nitrogens is 5. The number of halogens is 1. The van der Waals surface area contributed by atoms with Crippen LogP contribution in [0.15, 0.2) is 53.6 Å². The fourth-order valence-corrected chi connectivity index (χ4v) is 4.74. The van der Waals surface area contributed by atoms with Crippen molar-refractivity contribution in [2.75, 3.05) is 17.2 Å². The highest BCUT2D eigenvalue weighted by molar-refractivity contribution is 6.33. The fraction of sp³-hybridized carbons (Fsp3) is 0.261. The van der Waals surface area contributed by atoms with E-state index in [0.29, 0.717) is 40.0 Å². The molecule has 0 spiro atoms. The largest absolute Gasteiger partial charge is 0.368 e. The molecule has 0 bridgehead atoms. The number of carbonyl (C=O) groups excluding carboxylic acids is 1. The van der Waals surface area contributed by atoms with Crippen LogP contribution in [-0.4, -0.2) is 36.5 Å². The molecule has 10 heteroatoms. The van der Waals surface area contributed by atoms with E-state index >= 15 is 0 Å². The molecule has 4 heterocycles. The van der Waals surface area contributed by atoms with E-state index in [1.54, 1.807) is 16.8 Å². The number of anilines is 2. The maximum absolute atomic E-state index is 13.7. The lowest BCUT2D eigenvalue weighted by Crippen LogP contribution is -2.58. The molecule has 2 N–H and O–H groups in total. The molecule has 1 atom stereocenters. The first kappa shape index (κ1) is 21.1. The highest BCUT2D eigenvalue weighted by Gasteiger charge is 2.51. The van der Waals surface area contributed by atoms with Crippen molar-refractivity contribution in [2.45, 2.75) is 26.8 Å². The van der Waals surface area contributed by atoms with Gasteiger partial charge in [0.25, 0.3) is 5.56 Å². The van der Waals surface area contributed by atoms with Crippen molar-refractivity contribution in [2.24, 2.45) is 5.41 Å². The number of nitrogens with two attached hydrogens (primary N) is 1. The standard InChI is InChI=1S/C23H22ClN7O2/c1-13(32)15-11-26-22(25)27-19(15)29-12-23(2,3)18(29)20-28-30-10-9-16(24)17(30)21(33)31(20)14-7-5-4-6-8-14/h4-11,18H,12H2,1-3H3,(H2,25,26,27)/t18-/m1/s1. The fourth-order valence-electron chi connectivity index (χ4n) is 4.52. The summed E-state index contributed by atoms with van der Waals surface area (Å²) < 4.78 is 3.09. The number of nitrogens with zero attached hydrogens (tertiary/aromatic N) is 6. The molecular weight excluding hydrogens is 442 g/mol. The molecule has 1 aliphatic heterocycles. The van der Waals surface area contributed by atoms with Gasteiger partial charge < -0.3 is 10.6 Å². The van der Waals surface area contributed by atoms with E-state index < -0.39 is 0 Å². The summed E-state index contributed by atoms with van der Waals surface area (Å²) in [4.78, 5) is 36.3. The van der Waals surface area contributed by atoms with Crippen LogP contribution in [-0.2, 0) is 0 Å². The van der Waals surface area contributed by atoms with Crippen molar-refractivity contribution in [3.8, 4) is 5.69 Å². The average molecular weight is 464 g/mol. The molecule has 0 radical (unpaired) electrons. The number of para-hydroxylation sites is 1. The highest BCUT2D eigenvalue weighted by atomic mass is 35.5. The summed E-state index contributed by atoms with van der Waals surface area (Å²) in [6.45, 7) is 6.22. The van der Waals surface area contributed by atoms with E-state index in [9.17, 15) is 9.59 Å². The van der Waals surface area contributed by atoms with Crippen molar-refractivity contribution >= 4 is 34.7 Å². The Hall–Kier alpha value is -3.72. The third kappa shape index (κ3) is 3.27. The second kappa shape index (κ2) is 7.41. The third-order valence-electron chi connectivity index (χ3n) is 5.99. The number of benzene rings is 1. The molecule has 0 unspecified atom stereocenters. The van der Waals surface area contributed by atoms with Crippen LogP contribution >= 0.6 is 11.6 Å². The Labute approximate surface area is 194 Å². The van der Waals surface area contributed by atoms with E-state index in [-0.39, 0.29) is 28.7 Å². The summed E-state index contributed by atoms with van der Waals surface area (Å²) >= 11 is 6.32. The van der Waals surface area contributed by atoms with Gasteiger partial charge in [-0.1, -0.05) is 43.6 Å². The van der Waals surface area contributed by atoms with Crippen molar-refractivity contribution in [1.82, 2.24) is 24.1 Å². The Bertz CT molecular complexity index is 1460. The zero-order valence-electron chi connectivity index (χ0n) is 18.4. The van der Waals surface area contributed by atoms with E-state index in [1.165, 1.54) is 17.6 Å². The molecular formula is C23H22ClN7O2. The maximum Gasteiger partial charge on any atom is 0.284 e. The molecule has 4 aromatic rings. The molecule has 33 heavy (non-hydrogen) atoms. The number of rotatable bonds is 4. The van der Waals surface area contributed by atoms with Gasteiger partial charge in [-0.3, -0.25) is 14.2 Å². The van der Waals surface area contributed by atoms with Crippen LogP contribution in [0.1, 0.15) is 43.0 Å². The van der Waals surface area contributed by atoms with Gasteiger partial charge >= 0.3 is 0 Å². The minimum atomic E-state index is -0.372. The summed E-state index contributed by atoms with van der Waals surface area (Å²) in [5.41, 5.74) is 6.63. The third-order valence-corrected chi connectivity index (χ3v) is 6.29. The van der Waals surface area contributed by atoms with E-state index in [0.717, 1.165) is 0 Å². The molecule has 5 rings (SSSR count). The smallest absolute Gasteiger partial charge is 0.284 e. The van der Waals surface area contributed by atoms with Crippen LogP contribution in [0.25, 0.3) is 11.2 Å². The number of carbonyl (C=O) groups is 1. The Morgan fingerprint density at radius 1 is 1.21 bits per heavy atom. The normalized spacial score (nSPS) is 17.2. The zero-order valence-corrected chi connectivity index (χ0v) is 19.1. The van der Waals surface area contributed by atoms with Crippen molar-refractivity contribution in [3.05, 3.63) is 75.6 Å². The van der Waals surface area contributed by atoms with Crippen LogP contribution in [0.4, 0.5) is 11.8 Å². The maximum atomic E-state index is 13.7. The molecule has 1 fully saturated rings. The van der Waals surface area contributed by atoms with Gasteiger partial charge in [0.15, 0.2) is 11.6 Å². The van der Waals surface area contributed by atoms with Gasteiger partial charge in [-0.2, -0.15) is 10.1 Å². The molecule has 9 nitrogen and oxygen atoms in total. The van der Waals surface area contributed by atoms with E-state index in [4.69, 9.17) is 22.4 Å². The van der Waals surface area contributed by atoms with Crippen molar-refractivity contribution in [1.29, 1.82) is 0 Å². The van der Waals surface area contributed by atoms with Gasteiger partial charge in [-0.15, -0.1) is 0 Å². The first-order chi connectivity index (χ1) is 15.7.